The van der Waals surface area contributed by atoms with E-state index < -0.39 is 0 Å². The van der Waals surface area contributed by atoms with Crippen LogP contribution in [0.15, 0.2) is 18.2 Å². The van der Waals surface area contributed by atoms with Gasteiger partial charge in [0.25, 0.3) is 0 Å². The average Bonchev–Trinajstić information content (AvgIpc) is 2.17. The molecule has 0 saturated heterocycles. The Morgan fingerprint density at radius 3 is 2.86 bits per heavy atom. The maximum absolute atomic E-state index is 12.8. The van der Waals surface area contributed by atoms with Crippen LogP contribution in [0.1, 0.15) is 13.3 Å². The summed E-state index contributed by atoms with van der Waals surface area (Å²) in [6.45, 7) is 2.01. The molecule has 0 aliphatic rings. The van der Waals surface area contributed by atoms with Gasteiger partial charge in [0.2, 0.25) is 0 Å². The highest BCUT2D eigenvalue weighted by atomic mass is 127. The van der Waals surface area contributed by atoms with E-state index in [1.165, 1.54) is 12.1 Å². The Kier molecular flexibility index (Phi) is 4.21. The van der Waals surface area contributed by atoms with Crippen LogP contribution >= 0.6 is 22.6 Å². The molecule has 1 aromatic carbocycles. The Morgan fingerprint density at radius 2 is 2.36 bits per heavy atom. The van der Waals surface area contributed by atoms with Crippen LogP contribution in [-0.4, -0.2) is 6.04 Å². The topological polar surface area (TPSA) is 12.0 Å². The molecule has 3 heteroatoms. The largest absolute Gasteiger partial charge is 0.371 e. The Labute approximate surface area is 97.2 Å². The molecule has 0 spiro atoms. The summed E-state index contributed by atoms with van der Waals surface area (Å²) in [5, 5.41) is 3.16. The molecular formula is C11H11FIN. The van der Waals surface area contributed by atoms with E-state index in [2.05, 4.69) is 33.8 Å². The van der Waals surface area contributed by atoms with E-state index in [1.54, 1.807) is 6.07 Å². The summed E-state index contributed by atoms with van der Waals surface area (Å²) in [4.78, 5) is 0. The predicted molar refractivity (Wildman–Crippen MR) is 65.7 cm³/mol. The standard InChI is InChI=1S/C11H11FIN/c1-3-9(4-2)14-11-6-5-8(12)7-10(11)13/h1,5-7,9,14H,4H2,2H3. The van der Waals surface area contributed by atoms with Crippen LogP contribution < -0.4 is 5.32 Å². The van der Waals surface area contributed by atoms with E-state index >= 15 is 0 Å². The monoisotopic (exact) mass is 303 g/mol. The quantitative estimate of drug-likeness (QED) is 0.667. The predicted octanol–water partition coefficient (Wildman–Crippen LogP) is 3.25. The Morgan fingerprint density at radius 1 is 1.64 bits per heavy atom. The number of nitrogens with one attached hydrogen (secondary N) is 1. The molecule has 0 saturated carbocycles. The SMILES string of the molecule is C#CC(CC)Nc1ccc(F)cc1I. The van der Waals surface area contributed by atoms with Crippen molar-refractivity contribution >= 4 is 28.3 Å². The molecule has 1 nitrogen and oxygen atoms in total. The van der Waals surface area contributed by atoms with Crippen molar-refractivity contribution in [2.75, 3.05) is 5.32 Å². The summed E-state index contributed by atoms with van der Waals surface area (Å²) in [6.07, 6.45) is 6.17. The Hall–Kier alpha value is -0.760. The fourth-order valence-electron chi connectivity index (χ4n) is 1.06. The van der Waals surface area contributed by atoms with Gasteiger partial charge in [0.05, 0.1) is 6.04 Å². The summed E-state index contributed by atoms with van der Waals surface area (Å²) in [5.41, 5.74) is 0.886. The van der Waals surface area contributed by atoms with Crippen LogP contribution in [0.25, 0.3) is 0 Å². The van der Waals surface area contributed by atoms with Crippen LogP contribution in [0, 0.1) is 21.7 Å². The summed E-state index contributed by atoms with van der Waals surface area (Å²) >= 11 is 2.08. The lowest BCUT2D eigenvalue weighted by atomic mass is 10.2. The highest BCUT2D eigenvalue weighted by molar-refractivity contribution is 14.1. The maximum atomic E-state index is 12.8. The molecule has 74 valence electrons. The third-order valence-corrected chi connectivity index (χ3v) is 2.76. The molecule has 1 unspecified atom stereocenters. The lowest BCUT2D eigenvalue weighted by Crippen LogP contribution is -2.16. The van der Waals surface area contributed by atoms with E-state index in [0.29, 0.717) is 0 Å². The fraction of sp³-hybridized carbons (Fsp3) is 0.273. The molecule has 0 aromatic heterocycles. The van der Waals surface area contributed by atoms with Crippen molar-refractivity contribution in [2.45, 2.75) is 19.4 Å². The molecule has 0 aliphatic carbocycles. The second-order valence-corrected chi connectivity index (χ2v) is 4.06. The number of halogens is 2. The summed E-state index contributed by atoms with van der Waals surface area (Å²) in [5.74, 6) is 2.41. The Bertz CT molecular complexity index is 357. The fourth-order valence-corrected chi connectivity index (χ4v) is 1.69. The minimum Gasteiger partial charge on any atom is -0.371 e. The van der Waals surface area contributed by atoms with Gasteiger partial charge in [-0.25, -0.2) is 4.39 Å². The number of terminal acetylenes is 1. The summed E-state index contributed by atoms with van der Waals surface area (Å²) in [7, 11) is 0. The third-order valence-electron chi connectivity index (χ3n) is 1.87. The van der Waals surface area contributed by atoms with Gasteiger partial charge in [0, 0.05) is 9.26 Å². The number of hydrogen-bond donors (Lipinski definition) is 1. The number of rotatable bonds is 3. The molecule has 0 heterocycles. The van der Waals surface area contributed by atoms with Gasteiger partial charge in [-0.15, -0.1) is 6.42 Å². The van der Waals surface area contributed by atoms with Gasteiger partial charge in [-0.05, 0) is 47.2 Å². The second kappa shape index (κ2) is 5.20. The molecule has 0 aliphatic heterocycles. The zero-order chi connectivity index (χ0) is 10.6. The maximum Gasteiger partial charge on any atom is 0.124 e. The van der Waals surface area contributed by atoms with Gasteiger partial charge < -0.3 is 5.32 Å². The van der Waals surface area contributed by atoms with Crippen molar-refractivity contribution < 1.29 is 4.39 Å². The molecule has 0 radical (unpaired) electrons. The van der Waals surface area contributed by atoms with Crippen LogP contribution in [0.2, 0.25) is 0 Å². The van der Waals surface area contributed by atoms with Crippen molar-refractivity contribution in [3.05, 3.63) is 27.6 Å². The van der Waals surface area contributed by atoms with Crippen molar-refractivity contribution in [1.82, 2.24) is 0 Å². The van der Waals surface area contributed by atoms with Gasteiger partial charge in [-0.1, -0.05) is 12.8 Å². The molecule has 0 amide bonds. The minimum atomic E-state index is -0.228. The zero-order valence-corrected chi connectivity index (χ0v) is 10.0. The van der Waals surface area contributed by atoms with Gasteiger partial charge in [-0.3, -0.25) is 0 Å². The highest BCUT2D eigenvalue weighted by Gasteiger charge is 2.05. The Balaban J connectivity index is 2.82. The molecule has 1 rings (SSSR count). The summed E-state index contributed by atoms with van der Waals surface area (Å²) < 4.78 is 13.6. The van der Waals surface area contributed by atoms with E-state index in [0.717, 1.165) is 15.7 Å². The van der Waals surface area contributed by atoms with E-state index in [-0.39, 0.29) is 11.9 Å². The summed E-state index contributed by atoms with van der Waals surface area (Å²) in [6, 6.07) is 4.62. The minimum absolute atomic E-state index is 0.00831. The van der Waals surface area contributed by atoms with Gasteiger partial charge in [-0.2, -0.15) is 0 Å². The first-order chi connectivity index (χ1) is 6.67. The molecule has 1 N–H and O–H groups in total. The lowest BCUT2D eigenvalue weighted by molar-refractivity contribution is 0.627. The van der Waals surface area contributed by atoms with Crippen molar-refractivity contribution in [2.24, 2.45) is 0 Å². The second-order valence-electron chi connectivity index (χ2n) is 2.90. The normalized spacial score (nSPS) is 11.9. The van der Waals surface area contributed by atoms with Crippen molar-refractivity contribution in [1.29, 1.82) is 0 Å². The molecule has 1 atom stereocenters. The average molecular weight is 303 g/mol. The highest BCUT2D eigenvalue weighted by Crippen LogP contribution is 2.20. The first-order valence-corrected chi connectivity index (χ1v) is 5.43. The number of anilines is 1. The van der Waals surface area contributed by atoms with Gasteiger partial charge in [0.15, 0.2) is 0 Å². The van der Waals surface area contributed by atoms with Crippen molar-refractivity contribution in [3.63, 3.8) is 0 Å². The number of benzene rings is 1. The van der Waals surface area contributed by atoms with Crippen LogP contribution in [0.3, 0.4) is 0 Å². The first kappa shape index (κ1) is 11.3. The van der Waals surface area contributed by atoms with Gasteiger partial charge in [0.1, 0.15) is 5.82 Å². The smallest absolute Gasteiger partial charge is 0.124 e. The van der Waals surface area contributed by atoms with E-state index in [1.807, 2.05) is 6.92 Å². The molecule has 1 aromatic rings. The lowest BCUT2D eigenvalue weighted by Gasteiger charge is -2.13. The van der Waals surface area contributed by atoms with Crippen LogP contribution in [0.4, 0.5) is 10.1 Å². The molecule has 14 heavy (non-hydrogen) atoms. The third kappa shape index (κ3) is 2.88. The van der Waals surface area contributed by atoms with Gasteiger partial charge >= 0.3 is 0 Å². The van der Waals surface area contributed by atoms with Crippen LogP contribution in [-0.2, 0) is 0 Å². The van der Waals surface area contributed by atoms with E-state index in [4.69, 9.17) is 6.42 Å². The van der Waals surface area contributed by atoms with Crippen LogP contribution in [0.5, 0.6) is 0 Å². The number of hydrogen-bond acceptors (Lipinski definition) is 1. The molecule has 0 bridgehead atoms. The molecular weight excluding hydrogens is 292 g/mol. The van der Waals surface area contributed by atoms with Crippen molar-refractivity contribution in [3.8, 4) is 12.3 Å². The van der Waals surface area contributed by atoms with E-state index in [9.17, 15) is 4.39 Å². The molecule has 0 fully saturated rings. The first-order valence-electron chi connectivity index (χ1n) is 4.35. The zero-order valence-electron chi connectivity index (χ0n) is 7.85.